The Hall–Kier alpha value is -1.15. The number of primary sulfonamides is 1. The zero-order chi connectivity index (χ0) is 12.6. The average Bonchev–Trinajstić information content (AvgIpc) is 2.10. The van der Waals surface area contributed by atoms with Gasteiger partial charge in [-0.05, 0) is 12.8 Å². The molecule has 0 atom stereocenters. The summed E-state index contributed by atoms with van der Waals surface area (Å²) in [4.78, 5) is 21.2. The quantitative estimate of drug-likeness (QED) is 0.479. The summed E-state index contributed by atoms with van der Waals surface area (Å²) in [5, 5.41) is 15.4. The van der Waals surface area contributed by atoms with Crippen molar-refractivity contribution in [2.75, 3.05) is 12.3 Å². The van der Waals surface area contributed by atoms with E-state index >= 15 is 0 Å². The van der Waals surface area contributed by atoms with Crippen LogP contribution in [0.5, 0.6) is 0 Å². The van der Waals surface area contributed by atoms with Crippen molar-refractivity contribution in [3.05, 3.63) is 0 Å². The van der Waals surface area contributed by atoms with E-state index in [2.05, 4.69) is 5.32 Å². The molecule has 0 rings (SSSR count). The number of amides is 1. The van der Waals surface area contributed by atoms with Crippen molar-refractivity contribution >= 4 is 21.9 Å². The van der Waals surface area contributed by atoms with Crippen LogP contribution >= 0.6 is 0 Å². The van der Waals surface area contributed by atoms with Crippen molar-refractivity contribution in [3.63, 3.8) is 0 Å². The summed E-state index contributed by atoms with van der Waals surface area (Å²) >= 11 is 0. The van der Waals surface area contributed by atoms with Crippen LogP contribution in [0.4, 0.5) is 0 Å². The van der Waals surface area contributed by atoms with E-state index < -0.39 is 16.0 Å². The first-order chi connectivity index (χ1) is 7.31. The molecular formula is C8H16N2O5S. The van der Waals surface area contributed by atoms with Gasteiger partial charge in [0, 0.05) is 19.4 Å². The molecule has 0 aromatic carbocycles. The highest BCUT2D eigenvalue weighted by molar-refractivity contribution is 7.89. The molecule has 7 nitrogen and oxygen atoms in total. The number of nitrogens with two attached hydrogens (primary N) is 1. The maximum atomic E-state index is 11.1. The molecule has 1 amide bonds. The van der Waals surface area contributed by atoms with Crippen molar-refractivity contribution in [3.8, 4) is 0 Å². The summed E-state index contributed by atoms with van der Waals surface area (Å²) in [5.41, 5.74) is 0. The molecule has 0 heterocycles. The first kappa shape index (κ1) is 14.8. The highest BCUT2D eigenvalue weighted by Gasteiger charge is 2.05. The third kappa shape index (κ3) is 10.9. The lowest BCUT2D eigenvalue weighted by atomic mass is 10.2. The number of carboxylic acids is 1. The van der Waals surface area contributed by atoms with E-state index in [1.54, 1.807) is 0 Å². The predicted molar refractivity (Wildman–Crippen MR) is 57.1 cm³/mol. The van der Waals surface area contributed by atoms with Gasteiger partial charge in [-0.3, -0.25) is 9.59 Å². The van der Waals surface area contributed by atoms with E-state index in [1.807, 2.05) is 0 Å². The zero-order valence-corrected chi connectivity index (χ0v) is 9.62. The Morgan fingerprint density at radius 3 is 2.25 bits per heavy atom. The maximum Gasteiger partial charge on any atom is 0.303 e. The van der Waals surface area contributed by atoms with Gasteiger partial charge in [0.1, 0.15) is 0 Å². The van der Waals surface area contributed by atoms with Gasteiger partial charge in [0.05, 0.1) is 5.75 Å². The van der Waals surface area contributed by atoms with Gasteiger partial charge in [-0.1, -0.05) is 0 Å². The van der Waals surface area contributed by atoms with E-state index in [0.29, 0.717) is 12.8 Å². The molecule has 16 heavy (non-hydrogen) atoms. The molecule has 8 heteroatoms. The van der Waals surface area contributed by atoms with Crippen LogP contribution in [0.25, 0.3) is 0 Å². The Bertz CT molecular complexity index is 338. The van der Waals surface area contributed by atoms with Crippen LogP contribution in [0.3, 0.4) is 0 Å². The van der Waals surface area contributed by atoms with Gasteiger partial charge in [-0.15, -0.1) is 0 Å². The lowest BCUT2D eigenvalue weighted by Crippen LogP contribution is -2.31. The van der Waals surface area contributed by atoms with Crippen molar-refractivity contribution in [1.29, 1.82) is 0 Å². The van der Waals surface area contributed by atoms with E-state index in [0.717, 1.165) is 0 Å². The molecule has 0 aliphatic heterocycles. The lowest BCUT2D eigenvalue weighted by molar-refractivity contribution is -0.137. The molecule has 0 radical (unpaired) electrons. The molecular weight excluding hydrogens is 236 g/mol. The predicted octanol–water partition coefficient (Wildman–Crippen LogP) is -0.964. The van der Waals surface area contributed by atoms with Crippen LogP contribution in [0.2, 0.25) is 0 Å². The van der Waals surface area contributed by atoms with E-state index in [9.17, 15) is 18.0 Å². The highest BCUT2D eigenvalue weighted by Crippen LogP contribution is 1.99. The number of nitrogens with one attached hydrogen (secondary N) is 1. The molecule has 0 aromatic heterocycles. The van der Waals surface area contributed by atoms with E-state index in [-0.39, 0.29) is 31.0 Å². The first-order valence-electron chi connectivity index (χ1n) is 4.80. The van der Waals surface area contributed by atoms with Crippen molar-refractivity contribution in [2.45, 2.75) is 25.7 Å². The second kappa shape index (κ2) is 7.18. The zero-order valence-electron chi connectivity index (χ0n) is 8.81. The molecule has 0 unspecified atom stereocenters. The smallest absolute Gasteiger partial charge is 0.303 e. The number of carboxylic acid groups (broad SMARTS) is 1. The molecule has 0 saturated carbocycles. The molecule has 0 aromatic rings. The second-order valence-corrected chi connectivity index (χ2v) is 5.05. The summed E-state index contributed by atoms with van der Waals surface area (Å²) < 4.78 is 21.0. The minimum atomic E-state index is -3.55. The molecule has 94 valence electrons. The Labute approximate surface area is 94.1 Å². The SMILES string of the molecule is NS(=O)(=O)CCNC(=O)CCCCC(=O)O. The Morgan fingerprint density at radius 2 is 1.75 bits per heavy atom. The number of sulfonamides is 1. The van der Waals surface area contributed by atoms with Crippen molar-refractivity contribution in [2.24, 2.45) is 5.14 Å². The number of carbonyl (C=O) groups excluding carboxylic acids is 1. The van der Waals surface area contributed by atoms with Crippen LogP contribution in [-0.2, 0) is 19.6 Å². The van der Waals surface area contributed by atoms with Gasteiger partial charge in [0.2, 0.25) is 15.9 Å². The third-order valence-electron chi connectivity index (χ3n) is 1.75. The first-order valence-corrected chi connectivity index (χ1v) is 6.52. The Morgan fingerprint density at radius 1 is 1.19 bits per heavy atom. The monoisotopic (exact) mass is 252 g/mol. The fraction of sp³-hybridized carbons (Fsp3) is 0.750. The minimum absolute atomic E-state index is 0.0173. The van der Waals surface area contributed by atoms with E-state index in [1.165, 1.54) is 0 Å². The van der Waals surface area contributed by atoms with Gasteiger partial charge < -0.3 is 10.4 Å². The summed E-state index contributed by atoms with van der Waals surface area (Å²) in [5.74, 6) is -1.49. The average molecular weight is 252 g/mol. The molecule has 0 aliphatic rings. The minimum Gasteiger partial charge on any atom is -0.481 e. The number of rotatable bonds is 8. The molecule has 0 spiro atoms. The number of carbonyl (C=O) groups is 2. The van der Waals surface area contributed by atoms with Gasteiger partial charge >= 0.3 is 5.97 Å². The molecule has 0 aliphatic carbocycles. The van der Waals surface area contributed by atoms with E-state index in [4.69, 9.17) is 10.2 Å². The van der Waals surface area contributed by atoms with Crippen LogP contribution in [0.15, 0.2) is 0 Å². The number of unbranched alkanes of at least 4 members (excludes halogenated alkanes) is 1. The number of aliphatic carboxylic acids is 1. The third-order valence-corrected chi connectivity index (χ3v) is 2.53. The van der Waals surface area contributed by atoms with Gasteiger partial charge in [-0.25, -0.2) is 13.6 Å². The van der Waals surface area contributed by atoms with Crippen molar-refractivity contribution < 1.29 is 23.1 Å². The number of hydrogen-bond acceptors (Lipinski definition) is 4. The summed E-state index contributed by atoms with van der Waals surface area (Å²) in [6.07, 6.45) is 1.12. The highest BCUT2D eigenvalue weighted by atomic mass is 32.2. The molecule has 4 N–H and O–H groups in total. The molecule has 0 saturated heterocycles. The molecule has 0 fully saturated rings. The van der Waals surface area contributed by atoms with Crippen LogP contribution in [0.1, 0.15) is 25.7 Å². The fourth-order valence-corrected chi connectivity index (χ4v) is 1.37. The normalized spacial score (nSPS) is 11.1. The van der Waals surface area contributed by atoms with Crippen molar-refractivity contribution in [1.82, 2.24) is 5.32 Å². The summed E-state index contributed by atoms with van der Waals surface area (Å²) in [6, 6.07) is 0. The fourth-order valence-electron chi connectivity index (χ4n) is 0.983. The Kier molecular flexibility index (Phi) is 6.66. The van der Waals surface area contributed by atoms with Gasteiger partial charge in [0.25, 0.3) is 0 Å². The Balaban J connectivity index is 3.49. The molecule has 0 bridgehead atoms. The topological polar surface area (TPSA) is 127 Å². The summed E-state index contributed by atoms with van der Waals surface area (Å²) in [6.45, 7) is -0.0173. The second-order valence-electron chi connectivity index (χ2n) is 3.32. The van der Waals surface area contributed by atoms with Crippen LogP contribution in [-0.4, -0.2) is 37.7 Å². The largest absolute Gasteiger partial charge is 0.481 e. The van der Waals surface area contributed by atoms with Gasteiger partial charge in [-0.2, -0.15) is 0 Å². The van der Waals surface area contributed by atoms with Crippen LogP contribution < -0.4 is 10.5 Å². The standard InChI is InChI=1S/C8H16N2O5S/c9-16(14,15)6-5-10-7(11)3-1-2-4-8(12)13/h1-6H2,(H,10,11)(H,12,13)(H2,9,14,15). The maximum absolute atomic E-state index is 11.1. The van der Waals surface area contributed by atoms with Crippen LogP contribution in [0, 0.1) is 0 Å². The lowest BCUT2D eigenvalue weighted by Gasteiger charge is -2.03. The van der Waals surface area contributed by atoms with Gasteiger partial charge in [0.15, 0.2) is 0 Å². The number of hydrogen-bond donors (Lipinski definition) is 3. The summed E-state index contributed by atoms with van der Waals surface area (Å²) in [7, 11) is -3.55.